The molecule has 13 heavy (non-hydrogen) atoms. The van der Waals surface area contributed by atoms with Gasteiger partial charge in [-0.25, -0.2) is 13.4 Å². The van der Waals surface area contributed by atoms with E-state index in [-0.39, 0.29) is 5.01 Å². The topological polar surface area (TPSA) is 47.0 Å². The van der Waals surface area contributed by atoms with Gasteiger partial charge in [-0.15, -0.1) is 11.3 Å². The van der Waals surface area contributed by atoms with Crippen LogP contribution in [0.25, 0.3) is 0 Å². The van der Waals surface area contributed by atoms with Crippen molar-refractivity contribution in [2.75, 3.05) is 0 Å². The van der Waals surface area contributed by atoms with Gasteiger partial charge in [0.25, 0.3) is 0 Å². The predicted molar refractivity (Wildman–Crippen MR) is 41.1 cm³/mol. The van der Waals surface area contributed by atoms with Gasteiger partial charge in [-0.3, -0.25) is 0 Å². The monoisotopic (exact) mass is 231 g/mol. The van der Waals surface area contributed by atoms with Crippen molar-refractivity contribution in [1.29, 1.82) is 0 Å². The van der Waals surface area contributed by atoms with Crippen LogP contribution < -0.4 is 0 Å². The zero-order valence-corrected chi connectivity index (χ0v) is 7.75. The number of aromatic nitrogens is 1. The Kier molecular flexibility index (Phi) is 2.91. The molecule has 8 heteroatoms. The molecule has 0 aromatic carbocycles. The second kappa shape index (κ2) is 3.62. The standard InChI is InChI=1S/C5H4F3NO2S2/c6-5(7,8)3-1-9-4(12-3)2-13(10)11/h1,13H,2H2. The molecule has 1 aromatic rings. The van der Waals surface area contributed by atoms with Crippen LogP contribution in [0.4, 0.5) is 13.2 Å². The summed E-state index contributed by atoms with van der Waals surface area (Å²) in [6, 6.07) is 0. The number of nitrogens with zero attached hydrogens (tertiary/aromatic N) is 1. The zero-order valence-electron chi connectivity index (χ0n) is 6.04. The van der Waals surface area contributed by atoms with E-state index in [1.165, 1.54) is 0 Å². The van der Waals surface area contributed by atoms with Crippen LogP contribution in [0.3, 0.4) is 0 Å². The van der Waals surface area contributed by atoms with E-state index in [1.54, 1.807) is 0 Å². The van der Waals surface area contributed by atoms with E-state index in [0.717, 1.165) is 0 Å². The van der Waals surface area contributed by atoms with Crippen molar-refractivity contribution >= 4 is 22.0 Å². The maximum Gasteiger partial charge on any atom is 0.427 e. The Morgan fingerprint density at radius 2 is 2.08 bits per heavy atom. The first-order chi connectivity index (χ1) is 5.89. The van der Waals surface area contributed by atoms with Crippen LogP contribution >= 0.6 is 11.3 Å². The van der Waals surface area contributed by atoms with Gasteiger partial charge < -0.3 is 0 Å². The SMILES string of the molecule is O=[SH](=O)Cc1ncc(C(F)(F)F)s1. The first-order valence-corrected chi connectivity index (χ1v) is 5.21. The molecule has 0 amide bonds. The minimum absolute atomic E-state index is 0.0385. The number of hydrogen-bond acceptors (Lipinski definition) is 4. The lowest BCUT2D eigenvalue weighted by Gasteiger charge is -1.98. The normalized spacial score (nSPS) is 12.3. The zero-order chi connectivity index (χ0) is 10.1. The summed E-state index contributed by atoms with van der Waals surface area (Å²) in [5, 5.41) is -0.0385. The molecule has 0 aliphatic heterocycles. The second-order valence-electron chi connectivity index (χ2n) is 2.11. The van der Waals surface area contributed by atoms with Gasteiger partial charge >= 0.3 is 6.18 Å². The van der Waals surface area contributed by atoms with Gasteiger partial charge in [0.05, 0.1) is 11.9 Å². The Hall–Kier alpha value is -0.630. The van der Waals surface area contributed by atoms with Crippen LogP contribution in [0.1, 0.15) is 9.88 Å². The molecule has 0 spiro atoms. The molecule has 0 bridgehead atoms. The number of hydrogen-bond donors (Lipinski definition) is 1. The van der Waals surface area contributed by atoms with Gasteiger partial charge in [0.2, 0.25) is 0 Å². The van der Waals surface area contributed by atoms with Crippen LogP contribution in [0.15, 0.2) is 6.20 Å². The maximum absolute atomic E-state index is 12.0. The molecule has 0 radical (unpaired) electrons. The molecular weight excluding hydrogens is 227 g/mol. The minimum Gasteiger partial charge on any atom is -0.248 e. The Bertz CT molecular complexity index is 360. The molecule has 0 fully saturated rings. The maximum atomic E-state index is 12.0. The molecule has 0 aliphatic rings. The lowest BCUT2D eigenvalue weighted by molar-refractivity contribution is -0.134. The van der Waals surface area contributed by atoms with Crippen LogP contribution in [0.5, 0.6) is 0 Å². The van der Waals surface area contributed by atoms with Crippen LogP contribution in [-0.4, -0.2) is 13.4 Å². The largest absolute Gasteiger partial charge is 0.427 e. The molecule has 0 N–H and O–H groups in total. The first-order valence-electron chi connectivity index (χ1n) is 3.03. The van der Waals surface area contributed by atoms with Gasteiger partial charge in [0.1, 0.15) is 20.6 Å². The summed E-state index contributed by atoms with van der Waals surface area (Å²) in [7, 11) is -2.72. The van der Waals surface area contributed by atoms with Crippen molar-refractivity contribution < 1.29 is 21.6 Å². The molecule has 74 valence electrons. The van der Waals surface area contributed by atoms with Crippen LogP contribution in [0, 0.1) is 0 Å². The molecule has 0 saturated carbocycles. The minimum atomic E-state index is -4.44. The van der Waals surface area contributed by atoms with E-state index in [2.05, 4.69) is 4.98 Å². The van der Waals surface area contributed by atoms with Gasteiger partial charge in [0.15, 0.2) is 0 Å². The highest BCUT2D eigenvalue weighted by atomic mass is 32.2. The molecule has 0 atom stereocenters. The van der Waals surface area contributed by atoms with Crippen molar-refractivity contribution in [1.82, 2.24) is 4.98 Å². The number of rotatable bonds is 2. The predicted octanol–water partition coefficient (Wildman–Crippen LogP) is 1.27. The molecular formula is C5H4F3NO2S2. The summed E-state index contributed by atoms with van der Waals surface area (Å²) in [5.41, 5.74) is 0. The van der Waals surface area contributed by atoms with E-state index in [4.69, 9.17) is 0 Å². The molecule has 0 unspecified atom stereocenters. The third-order valence-corrected chi connectivity index (χ3v) is 2.91. The Balaban J connectivity index is 2.87. The summed E-state index contributed by atoms with van der Waals surface area (Å²) in [5.74, 6) is -0.434. The molecule has 0 aliphatic carbocycles. The van der Waals surface area contributed by atoms with Gasteiger partial charge in [-0.1, -0.05) is 0 Å². The highest BCUT2D eigenvalue weighted by molar-refractivity contribution is 7.71. The summed E-state index contributed by atoms with van der Waals surface area (Å²) in [6.07, 6.45) is -3.80. The summed E-state index contributed by atoms with van der Waals surface area (Å²) in [6.45, 7) is 0. The van der Waals surface area contributed by atoms with Crippen molar-refractivity contribution in [3.63, 3.8) is 0 Å². The average molecular weight is 231 g/mol. The molecule has 1 aromatic heterocycles. The van der Waals surface area contributed by atoms with Crippen LogP contribution in [-0.2, 0) is 22.6 Å². The number of alkyl halides is 3. The van der Waals surface area contributed by atoms with Gasteiger partial charge in [0, 0.05) is 0 Å². The van der Waals surface area contributed by atoms with Crippen LogP contribution in [0.2, 0.25) is 0 Å². The fourth-order valence-corrected chi connectivity index (χ4v) is 2.08. The highest BCUT2D eigenvalue weighted by Crippen LogP contribution is 2.33. The number of thiol groups is 1. The Labute approximate surface area is 77.2 Å². The summed E-state index contributed by atoms with van der Waals surface area (Å²) in [4.78, 5) is 2.46. The van der Waals surface area contributed by atoms with Gasteiger partial charge in [-0.2, -0.15) is 13.2 Å². The third kappa shape index (κ3) is 2.96. The van der Waals surface area contributed by atoms with E-state index < -0.39 is 27.5 Å². The highest BCUT2D eigenvalue weighted by Gasteiger charge is 2.33. The van der Waals surface area contributed by atoms with E-state index in [9.17, 15) is 21.6 Å². The molecule has 3 nitrogen and oxygen atoms in total. The van der Waals surface area contributed by atoms with Crippen molar-refractivity contribution in [2.24, 2.45) is 0 Å². The number of thiazole rings is 1. The lowest BCUT2D eigenvalue weighted by Crippen LogP contribution is -2.00. The Morgan fingerprint density at radius 1 is 1.46 bits per heavy atom. The quantitative estimate of drug-likeness (QED) is 0.780. The molecule has 0 saturated heterocycles. The lowest BCUT2D eigenvalue weighted by atomic mass is 10.5. The first kappa shape index (κ1) is 10.5. The molecule has 1 heterocycles. The average Bonchev–Trinajstić information content (AvgIpc) is 2.32. The second-order valence-corrected chi connectivity index (χ2v) is 4.20. The fourth-order valence-electron chi connectivity index (χ4n) is 0.625. The van der Waals surface area contributed by atoms with E-state index >= 15 is 0 Å². The number of halogens is 3. The smallest absolute Gasteiger partial charge is 0.248 e. The molecule has 1 rings (SSSR count). The van der Waals surface area contributed by atoms with Crippen molar-refractivity contribution in [3.8, 4) is 0 Å². The van der Waals surface area contributed by atoms with E-state index in [1.807, 2.05) is 0 Å². The Morgan fingerprint density at radius 3 is 2.46 bits per heavy atom. The fraction of sp³-hybridized carbons (Fsp3) is 0.400. The van der Waals surface area contributed by atoms with Crippen molar-refractivity contribution in [2.45, 2.75) is 11.9 Å². The van der Waals surface area contributed by atoms with Gasteiger partial charge in [-0.05, 0) is 0 Å². The van der Waals surface area contributed by atoms with E-state index in [0.29, 0.717) is 17.5 Å². The summed E-state index contributed by atoms with van der Waals surface area (Å²) >= 11 is 0.348. The summed E-state index contributed by atoms with van der Waals surface area (Å²) < 4.78 is 56.2. The third-order valence-electron chi connectivity index (χ3n) is 1.10. The van der Waals surface area contributed by atoms with Crippen molar-refractivity contribution in [3.05, 3.63) is 16.1 Å².